The number of piperidine rings is 1. The molecule has 2 aliphatic heterocycles. The predicted molar refractivity (Wildman–Crippen MR) is 87.5 cm³/mol. The van der Waals surface area contributed by atoms with E-state index in [-0.39, 0.29) is 11.5 Å². The van der Waals surface area contributed by atoms with Crippen molar-refractivity contribution >= 4 is 5.91 Å². The first-order chi connectivity index (χ1) is 11.3. The maximum Gasteiger partial charge on any atom is 0.253 e. The number of hydrogen-bond donors (Lipinski definition) is 0. The number of likely N-dealkylation sites (tertiary alicyclic amines) is 1. The van der Waals surface area contributed by atoms with Crippen molar-refractivity contribution in [1.82, 2.24) is 9.88 Å². The Morgan fingerprint density at radius 1 is 1.04 bits per heavy atom. The number of carbonyl (C=O) groups excluding carboxylic acids is 1. The fraction of sp³-hybridized carbons (Fsp3) is 0.368. The van der Waals surface area contributed by atoms with E-state index >= 15 is 0 Å². The SMILES string of the molecule is O=C(c1ccncc1)N1CCC2(CCc3ccccc3O2)CC1. The Morgan fingerprint density at radius 3 is 2.57 bits per heavy atom. The van der Waals surface area contributed by atoms with Gasteiger partial charge in [0.25, 0.3) is 5.91 Å². The zero-order valence-electron chi connectivity index (χ0n) is 13.1. The molecule has 0 saturated carbocycles. The Bertz CT molecular complexity index is 706. The van der Waals surface area contributed by atoms with Crippen LogP contribution in [-0.2, 0) is 6.42 Å². The minimum absolute atomic E-state index is 0.0939. The number of para-hydroxylation sites is 1. The number of rotatable bonds is 1. The highest BCUT2D eigenvalue weighted by molar-refractivity contribution is 5.94. The van der Waals surface area contributed by atoms with E-state index in [0.717, 1.165) is 44.5 Å². The van der Waals surface area contributed by atoms with Gasteiger partial charge < -0.3 is 9.64 Å². The molecule has 118 valence electrons. The third kappa shape index (κ3) is 2.69. The van der Waals surface area contributed by atoms with Crippen molar-refractivity contribution < 1.29 is 9.53 Å². The van der Waals surface area contributed by atoms with Crippen LogP contribution in [0.2, 0.25) is 0 Å². The van der Waals surface area contributed by atoms with Gasteiger partial charge in [0.05, 0.1) is 0 Å². The number of pyridine rings is 1. The quantitative estimate of drug-likeness (QED) is 0.813. The van der Waals surface area contributed by atoms with Gasteiger partial charge in [-0.1, -0.05) is 18.2 Å². The molecule has 0 radical (unpaired) electrons. The molecule has 0 aliphatic carbocycles. The molecule has 2 aromatic rings. The molecule has 4 heteroatoms. The van der Waals surface area contributed by atoms with Gasteiger partial charge in [0.15, 0.2) is 0 Å². The first kappa shape index (κ1) is 14.2. The second-order valence-electron chi connectivity index (χ2n) is 6.42. The van der Waals surface area contributed by atoms with Gasteiger partial charge in [-0.2, -0.15) is 0 Å². The molecule has 3 heterocycles. The Kier molecular flexibility index (Phi) is 3.52. The average Bonchev–Trinajstić information content (AvgIpc) is 2.62. The van der Waals surface area contributed by atoms with Crippen LogP contribution in [0.1, 0.15) is 35.2 Å². The maximum atomic E-state index is 12.5. The van der Waals surface area contributed by atoms with Gasteiger partial charge in [0.2, 0.25) is 0 Å². The first-order valence-corrected chi connectivity index (χ1v) is 8.22. The minimum Gasteiger partial charge on any atom is -0.487 e. The second-order valence-corrected chi connectivity index (χ2v) is 6.42. The van der Waals surface area contributed by atoms with E-state index in [9.17, 15) is 4.79 Å². The van der Waals surface area contributed by atoms with Crippen LogP contribution in [0.3, 0.4) is 0 Å². The normalized spacial score (nSPS) is 19.0. The number of amides is 1. The molecule has 1 fully saturated rings. The third-order valence-corrected chi connectivity index (χ3v) is 5.04. The average molecular weight is 308 g/mol. The largest absolute Gasteiger partial charge is 0.487 e. The molecule has 4 rings (SSSR count). The van der Waals surface area contributed by atoms with Crippen molar-refractivity contribution in [2.45, 2.75) is 31.3 Å². The molecule has 0 bridgehead atoms. The standard InChI is InChI=1S/C19H20N2O2/c22-18(16-6-11-20-12-7-16)21-13-9-19(10-14-21)8-5-15-3-1-2-4-17(15)23-19/h1-4,6-7,11-12H,5,8-10,13-14H2. The third-order valence-electron chi connectivity index (χ3n) is 5.04. The summed E-state index contributed by atoms with van der Waals surface area (Å²) < 4.78 is 6.35. The number of nitrogens with zero attached hydrogens (tertiary/aromatic N) is 2. The molecular weight excluding hydrogens is 288 g/mol. The fourth-order valence-corrected chi connectivity index (χ4v) is 3.60. The van der Waals surface area contributed by atoms with E-state index in [2.05, 4.69) is 23.2 Å². The van der Waals surface area contributed by atoms with E-state index in [1.807, 2.05) is 11.0 Å². The summed E-state index contributed by atoms with van der Waals surface area (Å²) in [5.41, 5.74) is 1.92. The van der Waals surface area contributed by atoms with Crippen LogP contribution in [0.5, 0.6) is 5.75 Å². The molecule has 0 atom stereocenters. The molecule has 0 N–H and O–H groups in total. The van der Waals surface area contributed by atoms with Gasteiger partial charge >= 0.3 is 0 Å². The van der Waals surface area contributed by atoms with Crippen LogP contribution in [0, 0.1) is 0 Å². The van der Waals surface area contributed by atoms with Crippen molar-refractivity contribution in [3.8, 4) is 5.75 Å². The zero-order chi connectivity index (χ0) is 15.7. The highest BCUT2D eigenvalue weighted by atomic mass is 16.5. The van der Waals surface area contributed by atoms with Gasteiger partial charge in [-0.15, -0.1) is 0 Å². The molecule has 1 aromatic heterocycles. The Hall–Kier alpha value is -2.36. The van der Waals surface area contributed by atoms with Crippen molar-refractivity contribution in [3.05, 3.63) is 59.9 Å². The van der Waals surface area contributed by atoms with Crippen LogP contribution in [0.4, 0.5) is 0 Å². The summed E-state index contributed by atoms with van der Waals surface area (Å²) in [6.45, 7) is 1.51. The molecule has 2 aliphatic rings. The maximum absolute atomic E-state index is 12.5. The van der Waals surface area contributed by atoms with Gasteiger partial charge in [-0.05, 0) is 36.6 Å². The van der Waals surface area contributed by atoms with Crippen LogP contribution in [0.25, 0.3) is 0 Å². The zero-order valence-corrected chi connectivity index (χ0v) is 13.1. The Morgan fingerprint density at radius 2 is 1.78 bits per heavy atom. The van der Waals surface area contributed by atoms with Crippen molar-refractivity contribution in [3.63, 3.8) is 0 Å². The number of aryl methyl sites for hydroxylation is 1. The Labute approximate surface area is 136 Å². The summed E-state index contributed by atoms with van der Waals surface area (Å²) in [7, 11) is 0. The summed E-state index contributed by atoms with van der Waals surface area (Å²) in [5, 5.41) is 0. The molecule has 1 amide bonds. The predicted octanol–water partition coefficient (Wildman–Crippen LogP) is 3.08. The molecule has 4 nitrogen and oxygen atoms in total. The number of fused-ring (bicyclic) bond motifs is 1. The van der Waals surface area contributed by atoms with Gasteiger partial charge in [-0.25, -0.2) is 0 Å². The van der Waals surface area contributed by atoms with Crippen LogP contribution < -0.4 is 4.74 Å². The summed E-state index contributed by atoms with van der Waals surface area (Å²) in [6.07, 6.45) is 7.24. The number of carbonyl (C=O) groups is 1. The summed E-state index contributed by atoms with van der Waals surface area (Å²) in [4.78, 5) is 18.4. The summed E-state index contributed by atoms with van der Waals surface area (Å²) in [6, 6.07) is 11.9. The highest BCUT2D eigenvalue weighted by Crippen LogP contribution is 2.39. The Balaban J connectivity index is 1.45. The van der Waals surface area contributed by atoms with E-state index in [0.29, 0.717) is 5.56 Å². The number of ether oxygens (including phenoxy) is 1. The topological polar surface area (TPSA) is 42.4 Å². The van der Waals surface area contributed by atoms with E-state index in [1.54, 1.807) is 24.5 Å². The second kappa shape index (κ2) is 5.69. The number of hydrogen-bond acceptors (Lipinski definition) is 3. The van der Waals surface area contributed by atoms with Crippen molar-refractivity contribution in [2.75, 3.05) is 13.1 Å². The van der Waals surface area contributed by atoms with Crippen LogP contribution in [0.15, 0.2) is 48.8 Å². The van der Waals surface area contributed by atoms with Crippen molar-refractivity contribution in [2.24, 2.45) is 0 Å². The monoisotopic (exact) mass is 308 g/mol. The summed E-state index contributed by atoms with van der Waals surface area (Å²) in [5.74, 6) is 1.12. The van der Waals surface area contributed by atoms with Crippen LogP contribution in [-0.4, -0.2) is 34.5 Å². The van der Waals surface area contributed by atoms with Crippen molar-refractivity contribution in [1.29, 1.82) is 0 Å². The van der Waals surface area contributed by atoms with E-state index < -0.39 is 0 Å². The van der Waals surface area contributed by atoms with E-state index in [4.69, 9.17) is 4.74 Å². The molecule has 1 spiro atoms. The fourth-order valence-electron chi connectivity index (χ4n) is 3.60. The number of benzene rings is 1. The minimum atomic E-state index is -0.0939. The van der Waals surface area contributed by atoms with Gasteiger partial charge in [0, 0.05) is 43.9 Å². The molecule has 1 saturated heterocycles. The molecule has 0 unspecified atom stereocenters. The van der Waals surface area contributed by atoms with E-state index in [1.165, 1.54) is 5.56 Å². The highest BCUT2D eigenvalue weighted by Gasteiger charge is 2.40. The lowest BCUT2D eigenvalue weighted by Gasteiger charge is -2.44. The molecule has 1 aromatic carbocycles. The summed E-state index contributed by atoms with van der Waals surface area (Å²) >= 11 is 0. The van der Waals surface area contributed by atoms with Gasteiger partial charge in [0.1, 0.15) is 11.4 Å². The molecular formula is C19H20N2O2. The lowest BCUT2D eigenvalue weighted by molar-refractivity contribution is -0.0106. The van der Waals surface area contributed by atoms with Crippen LogP contribution >= 0.6 is 0 Å². The molecule has 23 heavy (non-hydrogen) atoms. The lowest BCUT2D eigenvalue weighted by Crippen LogP contribution is -2.51. The smallest absolute Gasteiger partial charge is 0.253 e. The first-order valence-electron chi connectivity index (χ1n) is 8.22. The lowest BCUT2D eigenvalue weighted by atomic mass is 9.83. The van der Waals surface area contributed by atoms with Gasteiger partial charge in [-0.3, -0.25) is 9.78 Å². The number of aromatic nitrogens is 1.